The molecule has 44 heavy (non-hydrogen) atoms. The van der Waals surface area contributed by atoms with Gasteiger partial charge in [0.1, 0.15) is 27.7 Å². The summed E-state index contributed by atoms with van der Waals surface area (Å²) in [7, 11) is -3.79. The maximum atomic E-state index is 13.4. The molecule has 0 bridgehead atoms. The Balaban J connectivity index is 1.25. The average Bonchev–Trinajstić information content (AvgIpc) is 2.97. The standard InChI is InChI=1S/C31H27ClF3N3O5S/c1-20-5-2-8-26(28(20)21-10-12-24(13-11-21)43-31(33,34)35)30(39)37-22-6-3-7-25(19-22)42-23-14-17-38(18-15-23)44(40,41)27-9-4-16-36-29(27)32/h2-13,16,19,23H,14-15,17-18H2,1H3,(H,37,39). The quantitative estimate of drug-likeness (QED) is 0.206. The zero-order valence-corrected chi connectivity index (χ0v) is 24.9. The average molecular weight is 646 g/mol. The van der Waals surface area contributed by atoms with Crippen molar-refractivity contribution in [1.29, 1.82) is 0 Å². The van der Waals surface area contributed by atoms with Gasteiger partial charge in [-0.2, -0.15) is 4.31 Å². The van der Waals surface area contributed by atoms with E-state index in [2.05, 4.69) is 15.0 Å². The van der Waals surface area contributed by atoms with Crippen molar-refractivity contribution >= 4 is 33.2 Å². The van der Waals surface area contributed by atoms with E-state index in [4.69, 9.17) is 16.3 Å². The molecule has 4 aromatic rings. The monoisotopic (exact) mass is 645 g/mol. The molecule has 0 radical (unpaired) electrons. The highest BCUT2D eigenvalue weighted by Crippen LogP contribution is 2.32. The number of sulfonamides is 1. The Hall–Kier alpha value is -4.13. The van der Waals surface area contributed by atoms with Gasteiger partial charge < -0.3 is 14.8 Å². The highest BCUT2D eigenvalue weighted by atomic mass is 35.5. The summed E-state index contributed by atoms with van der Waals surface area (Å²) in [4.78, 5) is 17.2. The number of carbonyl (C=O) groups excluding carboxylic acids is 1. The second-order valence-electron chi connectivity index (χ2n) is 10.1. The summed E-state index contributed by atoms with van der Waals surface area (Å²) in [5.41, 5.74) is 2.70. The molecule has 1 aromatic heterocycles. The van der Waals surface area contributed by atoms with Crippen LogP contribution in [0.4, 0.5) is 18.9 Å². The predicted octanol–water partition coefficient (Wildman–Crippen LogP) is 7.09. The first kappa shape index (κ1) is 31.3. The van der Waals surface area contributed by atoms with E-state index in [9.17, 15) is 26.4 Å². The first-order valence-corrected chi connectivity index (χ1v) is 15.4. The normalized spacial score (nSPS) is 14.7. The molecule has 0 spiro atoms. The minimum atomic E-state index is -4.81. The largest absolute Gasteiger partial charge is 0.573 e. The van der Waals surface area contributed by atoms with Crippen LogP contribution in [-0.2, 0) is 10.0 Å². The molecule has 1 fully saturated rings. The molecule has 230 valence electrons. The Morgan fingerprint density at radius 1 is 0.977 bits per heavy atom. The minimum Gasteiger partial charge on any atom is -0.490 e. The Morgan fingerprint density at radius 2 is 1.68 bits per heavy atom. The number of alkyl halides is 3. The number of piperidine rings is 1. The zero-order valence-electron chi connectivity index (χ0n) is 23.3. The Kier molecular flexibility index (Phi) is 9.14. The van der Waals surface area contributed by atoms with E-state index in [1.807, 2.05) is 13.0 Å². The topological polar surface area (TPSA) is 97.8 Å². The van der Waals surface area contributed by atoms with E-state index in [1.165, 1.54) is 46.9 Å². The van der Waals surface area contributed by atoms with Crippen LogP contribution in [0.3, 0.4) is 0 Å². The van der Waals surface area contributed by atoms with Crippen molar-refractivity contribution in [3.8, 4) is 22.6 Å². The second-order valence-corrected chi connectivity index (χ2v) is 12.3. The molecular weight excluding hydrogens is 619 g/mol. The van der Waals surface area contributed by atoms with Gasteiger partial charge in [-0.05, 0) is 78.9 Å². The molecule has 2 heterocycles. The molecule has 5 rings (SSSR count). The maximum Gasteiger partial charge on any atom is 0.573 e. The molecule has 1 saturated heterocycles. The van der Waals surface area contributed by atoms with Crippen LogP contribution >= 0.6 is 11.6 Å². The first-order chi connectivity index (χ1) is 20.9. The SMILES string of the molecule is Cc1cccc(C(=O)Nc2cccc(OC3CCN(S(=O)(=O)c4cccnc4Cl)CC3)c2)c1-c1ccc(OC(F)(F)F)cc1. The fourth-order valence-electron chi connectivity index (χ4n) is 4.99. The lowest BCUT2D eigenvalue weighted by atomic mass is 9.94. The van der Waals surface area contributed by atoms with Gasteiger partial charge in [0.15, 0.2) is 0 Å². The third kappa shape index (κ3) is 7.32. The van der Waals surface area contributed by atoms with Crippen LogP contribution in [0.1, 0.15) is 28.8 Å². The van der Waals surface area contributed by atoms with Gasteiger partial charge in [-0.25, -0.2) is 13.4 Å². The first-order valence-electron chi connectivity index (χ1n) is 13.6. The van der Waals surface area contributed by atoms with E-state index in [1.54, 1.807) is 36.4 Å². The van der Waals surface area contributed by atoms with Crippen LogP contribution in [0.25, 0.3) is 11.1 Å². The Labute approximate surface area is 257 Å². The molecule has 3 aromatic carbocycles. The summed E-state index contributed by atoms with van der Waals surface area (Å²) in [6.45, 7) is 2.30. The zero-order chi connectivity index (χ0) is 31.5. The lowest BCUT2D eigenvalue weighted by Gasteiger charge is -2.31. The number of benzene rings is 3. The summed E-state index contributed by atoms with van der Waals surface area (Å²) < 4.78 is 75.2. The number of hydrogen-bond acceptors (Lipinski definition) is 6. The summed E-state index contributed by atoms with van der Waals surface area (Å²) >= 11 is 6.02. The van der Waals surface area contributed by atoms with Gasteiger partial charge in [-0.3, -0.25) is 4.79 Å². The molecule has 8 nitrogen and oxygen atoms in total. The number of amides is 1. The molecule has 1 N–H and O–H groups in total. The van der Waals surface area contributed by atoms with Crippen molar-refractivity contribution in [1.82, 2.24) is 9.29 Å². The number of nitrogens with one attached hydrogen (secondary N) is 1. The van der Waals surface area contributed by atoms with Gasteiger partial charge >= 0.3 is 6.36 Å². The van der Waals surface area contributed by atoms with Crippen molar-refractivity contribution in [2.75, 3.05) is 18.4 Å². The third-order valence-corrected chi connectivity index (χ3v) is 9.38. The molecule has 1 amide bonds. The fourth-order valence-corrected chi connectivity index (χ4v) is 6.89. The Bertz CT molecular complexity index is 1760. The number of rotatable bonds is 8. The van der Waals surface area contributed by atoms with E-state index in [-0.39, 0.29) is 35.0 Å². The number of halogens is 4. The molecular formula is C31H27ClF3N3O5S. The highest BCUT2D eigenvalue weighted by Gasteiger charge is 2.32. The van der Waals surface area contributed by atoms with Crippen LogP contribution in [0.15, 0.2) is 90.0 Å². The summed E-state index contributed by atoms with van der Waals surface area (Å²) in [6.07, 6.45) is -2.72. The highest BCUT2D eigenvalue weighted by molar-refractivity contribution is 7.89. The number of ether oxygens (including phenoxy) is 2. The number of hydrogen-bond donors (Lipinski definition) is 1. The molecule has 13 heteroatoms. The summed E-state index contributed by atoms with van der Waals surface area (Å²) in [5, 5.41) is 2.79. The predicted molar refractivity (Wildman–Crippen MR) is 159 cm³/mol. The molecule has 1 aliphatic rings. The molecule has 0 atom stereocenters. The number of aromatic nitrogens is 1. The van der Waals surface area contributed by atoms with Crippen LogP contribution in [0.2, 0.25) is 5.15 Å². The van der Waals surface area contributed by atoms with Crippen LogP contribution in [0.5, 0.6) is 11.5 Å². The number of carbonyl (C=O) groups is 1. The molecule has 0 unspecified atom stereocenters. The molecule has 0 saturated carbocycles. The van der Waals surface area contributed by atoms with Gasteiger partial charge in [0.25, 0.3) is 5.91 Å². The number of nitrogens with zero attached hydrogens (tertiary/aromatic N) is 2. The molecule has 1 aliphatic heterocycles. The fraction of sp³-hybridized carbons (Fsp3) is 0.226. The van der Waals surface area contributed by atoms with Crippen molar-refractivity contribution in [3.63, 3.8) is 0 Å². The van der Waals surface area contributed by atoms with Crippen LogP contribution < -0.4 is 14.8 Å². The van der Waals surface area contributed by atoms with Gasteiger partial charge in [0, 0.05) is 36.6 Å². The van der Waals surface area contributed by atoms with Crippen molar-refractivity contribution in [2.24, 2.45) is 0 Å². The molecule has 0 aliphatic carbocycles. The van der Waals surface area contributed by atoms with Crippen molar-refractivity contribution in [3.05, 3.63) is 101 Å². The van der Waals surface area contributed by atoms with E-state index < -0.39 is 22.3 Å². The van der Waals surface area contributed by atoms with E-state index in [0.717, 1.165) is 5.56 Å². The lowest BCUT2D eigenvalue weighted by molar-refractivity contribution is -0.274. The number of pyridine rings is 1. The summed E-state index contributed by atoms with van der Waals surface area (Å²) in [6, 6.07) is 20.3. The number of aryl methyl sites for hydroxylation is 1. The van der Waals surface area contributed by atoms with Gasteiger partial charge in [-0.1, -0.05) is 41.9 Å². The summed E-state index contributed by atoms with van der Waals surface area (Å²) in [5.74, 6) is -0.268. The van der Waals surface area contributed by atoms with Crippen LogP contribution in [-0.4, -0.2) is 49.2 Å². The van der Waals surface area contributed by atoms with E-state index >= 15 is 0 Å². The minimum absolute atomic E-state index is 0.0336. The van der Waals surface area contributed by atoms with Crippen molar-refractivity contribution in [2.45, 2.75) is 37.1 Å². The maximum absolute atomic E-state index is 13.4. The van der Waals surface area contributed by atoms with E-state index in [0.29, 0.717) is 41.0 Å². The smallest absolute Gasteiger partial charge is 0.490 e. The lowest BCUT2D eigenvalue weighted by Crippen LogP contribution is -2.41. The second kappa shape index (κ2) is 12.8. The number of anilines is 1. The van der Waals surface area contributed by atoms with Gasteiger partial charge in [0.05, 0.1) is 0 Å². The van der Waals surface area contributed by atoms with Crippen molar-refractivity contribution < 1.29 is 35.9 Å². The van der Waals surface area contributed by atoms with Gasteiger partial charge in [0.2, 0.25) is 10.0 Å². The van der Waals surface area contributed by atoms with Crippen LogP contribution in [0, 0.1) is 6.92 Å². The third-order valence-electron chi connectivity index (χ3n) is 7.03. The Morgan fingerprint density at radius 3 is 2.36 bits per heavy atom. The van der Waals surface area contributed by atoms with Gasteiger partial charge in [-0.15, -0.1) is 13.2 Å².